The monoisotopic (exact) mass is 178 g/mol. The van der Waals surface area contributed by atoms with Crippen molar-refractivity contribution in [3.8, 4) is 0 Å². The Morgan fingerprint density at radius 3 is 2.69 bits per heavy atom. The molecule has 0 aliphatic rings. The van der Waals surface area contributed by atoms with E-state index in [-0.39, 0.29) is 20.7 Å². The van der Waals surface area contributed by atoms with Crippen LogP contribution in [-0.4, -0.2) is 25.0 Å². The topological polar surface area (TPSA) is 63.4 Å². The van der Waals surface area contributed by atoms with Crippen molar-refractivity contribution in [1.29, 1.82) is 0 Å². The summed E-state index contributed by atoms with van der Waals surface area (Å²) >= 11 is 0. The van der Waals surface area contributed by atoms with Gasteiger partial charge in [-0.25, -0.2) is 0 Å². The number of nitro benzene ring substituents is 1. The predicted octanol–water partition coefficient (Wildman–Crippen LogP) is 0.749. The first-order valence-corrected chi connectivity index (χ1v) is 3.58. The molecule has 0 unspecified atom stereocenters. The van der Waals surface area contributed by atoms with Crippen LogP contribution < -0.4 is 0 Å². The summed E-state index contributed by atoms with van der Waals surface area (Å²) in [7, 11) is 0. The lowest BCUT2D eigenvalue weighted by atomic mass is 10.1. The highest BCUT2D eigenvalue weighted by Crippen LogP contribution is 2.12. The molecule has 1 rings (SSSR count). The van der Waals surface area contributed by atoms with Gasteiger partial charge in [0.2, 0.25) is 0 Å². The first-order valence-electron chi connectivity index (χ1n) is 3.58. The number of benzene rings is 1. The first kappa shape index (κ1) is 11.6. The second-order valence-corrected chi connectivity index (χ2v) is 2.40. The fourth-order valence-electron chi connectivity index (χ4n) is 0.955. The maximum Gasteiger partial charge on any atom is 0.269 e. The van der Waals surface area contributed by atoms with Crippen LogP contribution in [0.3, 0.4) is 0 Å². The van der Waals surface area contributed by atoms with Crippen LogP contribution in [0, 0.1) is 10.1 Å². The maximum absolute atomic E-state index is 10.3. The summed E-state index contributed by atoms with van der Waals surface area (Å²) in [6, 6.07) is 6.27. The van der Waals surface area contributed by atoms with Crippen molar-refractivity contribution in [1.82, 2.24) is 0 Å². The number of nitrogens with zero attached hydrogens (tertiary/aromatic N) is 1. The van der Waals surface area contributed by atoms with Crippen LogP contribution in [0.2, 0.25) is 0 Å². The Hall–Kier alpha value is -1.36. The van der Waals surface area contributed by atoms with Crippen molar-refractivity contribution in [2.24, 2.45) is 0 Å². The van der Waals surface area contributed by atoms with Crippen LogP contribution in [-0.2, 0) is 6.42 Å². The number of hydrogen-bond donors (Lipinski definition) is 1. The van der Waals surface area contributed by atoms with Gasteiger partial charge in [-0.15, -0.1) is 0 Å². The van der Waals surface area contributed by atoms with Gasteiger partial charge in [0, 0.05) is 27.2 Å². The molecule has 1 aromatic carbocycles. The van der Waals surface area contributed by atoms with E-state index < -0.39 is 4.92 Å². The van der Waals surface area contributed by atoms with Gasteiger partial charge in [0.25, 0.3) is 5.69 Å². The van der Waals surface area contributed by atoms with Gasteiger partial charge in [-0.3, -0.25) is 10.1 Å². The van der Waals surface area contributed by atoms with Crippen LogP contribution >= 0.6 is 0 Å². The molecule has 1 aromatic rings. The molecule has 13 heavy (non-hydrogen) atoms. The third kappa shape index (κ3) is 3.25. The molecule has 0 aliphatic heterocycles. The molecule has 0 bridgehead atoms. The molecule has 0 saturated carbocycles. The Kier molecular flexibility index (Phi) is 4.76. The van der Waals surface area contributed by atoms with E-state index in [2.05, 4.69) is 0 Å². The molecule has 0 atom stereocenters. The first-order chi connectivity index (χ1) is 5.74. The smallest absolute Gasteiger partial charge is 0.269 e. The van der Waals surface area contributed by atoms with Crippen molar-refractivity contribution >= 4 is 14.1 Å². The Morgan fingerprint density at radius 2 is 2.15 bits per heavy atom. The van der Waals surface area contributed by atoms with Gasteiger partial charge in [-0.2, -0.15) is 0 Å². The number of non-ortho nitro benzene ring substituents is 1. The Balaban J connectivity index is 0.00000144. The molecule has 0 aliphatic carbocycles. The van der Waals surface area contributed by atoms with Crippen molar-refractivity contribution < 1.29 is 10.0 Å². The molecular formula is C8H9BNO3. The molecule has 0 spiro atoms. The second-order valence-electron chi connectivity index (χ2n) is 2.40. The standard InChI is InChI=1S/C8H9NO3.B/c10-5-4-7-2-1-3-8(6-7)9(11)12;/h1-3,6,10H,4-5H2;. The van der Waals surface area contributed by atoms with Gasteiger partial charge in [-0.1, -0.05) is 12.1 Å². The zero-order valence-electron chi connectivity index (χ0n) is 7.01. The molecule has 67 valence electrons. The summed E-state index contributed by atoms with van der Waals surface area (Å²) in [6.07, 6.45) is 0.460. The van der Waals surface area contributed by atoms with Gasteiger partial charge in [0.15, 0.2) is 0 Å². The maximum atomic E-state index is 10.3. The van der Waals surface area contributed by atoms with Crippen molar-refractivity contribution in [2.75, 3.05) is 6.61 Å². The van der Waals surface area contributed by atoms with E-state index in [0.717, 1.165) is 5.56 Å². The minimum absolute atomic E-state index is 0. The van der Waals surface area contributed by atoms with Crippen LogP contribution in [0.25, 0.3) is 0 Å². The predicted molar refractivity (Wildman–Crippen MR) is 49.6 cm³/mol. The lowest BCUT2D eigenvalue weighted by Gasteiger charge is -1.96. The largest absolute Gasteiger partial charge is 0.396 e. The van der Waals surface area contributed by atoms with E-state index in [1.54, 1.807) is 12.1 Å². The quantitative estimate of drug-likeness (QED) is 0.421. The third-order valence-corrected chi connectivity index (χ3v) is 1.52. The average molecular weight is 178 g/mol. The Bertz CT molecular complexity index is 290. The zero-order chi connectivity index (χ0) is 8.97. The van der Waals surface area contributed by atoms with E-state index >= 15 is 0 Å². The van der Waals surface area contributed by atoms with Crippen molar-refractivity contribution in [3.05, 3.63) is 39.9 Å². The SMILES string of the molecule is O=[N+]([O-])c1cccc(CCO)c1.[B]. The minimum Gasteiger partial charge on any atom is -0.396 e. The fourth-order valence-corrected chi connectivity index (χ4v) is 0.955. The highest BCUT2D eigenvalue weighted by molar-refractivity contribution is 5.75. The van der Waals surface area contributed by atoms with E-state index in [1.165, 1.54) is 12.1 Å². The van der Waals surface area contributed by atoms with Gasteiger partial charge < -0.3 is 5.11 Å². The zero-order valence-corrected chi connectivity index (χ0v) is 7.01. The van der Waals surface area contributed by atoms with Crippen molar-refractivity contribution in [3.63, 3.8) is 0 Å². The third-order valence-electron chi connectivity index (χ3n) is 1.52. The summed E-state index contributed by atoms with van der Waals surface area (Å²) in [4.78, 5) is 9.86. The van der Waals surface area contributed by atoms with Gasteiger partial charge in [-0.05, 0) is 12.0 Å². The van der Waals surface area contributed by atoms with E-state index in [0.29, 0.717) is 6.42 Å². The normalized spacial score (nSPS) is 9.00. The highest BCUT2D eigenvalue weighted by Gasteiger charge is 2.04. The summed E-state index contributed by atoms with van der Waals surface area (Å²) in [6.45, 7) is 0.0150. The molecule has 3 radical (unpaired) electrons. The molecule has 0 heterocycles. The van der Waals surface area contributed by atoms with E-state index in [4.69, 9.17) is 5.11 Å². The molecule has 4 nitrogen and oxygen atoms in total. The molecule has 0 aromatic heterocycles. The van der Waals surface area contributed by atoms with Crippen LogP contribution in [0.4, 0.5) is 5.69 Å². The lowest BCUT2D eigenvalue weighted by molar-refractivity contribution is -0.384. The highest BCUT2D eigenvalue weighted by atomic mass is 16.6. The summed E-state index contributed by atoms with van der Waals surface area (Å²) < 4.78 is 0. The molecule has 0 saturated heterocycles. The summed E-state index contributed by atoms with van der Waals surface area (Å²) in [5.41, 5.74) is 0.854. The molecule has 5 heteroatoms. The molecular weight excluding hydrogens is 169 g/mol. The lowest BCUT2D eigenvalue weighted by Crippen LogP contribution is -1.93. The van der Waals surface area contributed by atoms with Crippen molar-refractivity contribution in [2.45, 2.75) is 6.42 Å². The number of aliphatic hydroxyl groups is 1. The molecule has 0 amide bonds. The van der Waals surface area contributed by atoms with Gasteiger partial charge >= 0.3 is 0 Å². The summed E-state index contributed by atoms with van der Waals surface area (Å²) in [5, 5.41) is 18.9. The van der Waals surface area contributed by atoms with Crippen LogP contribution in [0.15, 0.2) is 24.3 Å². The number of aliphatic hydroxyl groups excluding tert-OH is 1. The van der Waals surface area contributed by atoms with E-state index in [1.807, 2.05) is 0 Å². The van der Waals surface area contributed by atoms with Gasteiger partial charge in [0.05, 0.1) is 4.92 Å². The second kappa shape index (κ2) is 5.32. The Morgan fingerprint density at radius 1 is 1.46 bits per heavy atom. The van der Waals surface area contributed by atoms with Crippen LogP contribution in [0.1, 0.15) is 5.56 Å². The van der Waals surface area contributed by atoms with Crippen LogP contribution in [0.5, 0.6) is 0 Å². The average Bonchev–Trinajstić information content (AvgIpc) is 2.05. The van der Waals surface area contributed by atoms with E-state index in [9.17, 15) is 10.1 Å². The fraction of sp³-hybridized carbons (Fsp3) is 0.250. The number of nitro groups is 1. The summed E-state index contributed by atoms with van der Waals surface area (Å²) in [5.74, 6) is 0. The Labute approximate surface area is 77.9 Å². The number of rotatable bonds is 3. The van der Waals surface area contributed by atoms with Gasteiger partial charge in [0.1, 0.15) is 0 Å². The molecule has 1 N–H and O–H groups in total. The number of hydrogen-bond acceptors (Lipinski definition) is 3. The minimum atomic E-state index is -0.444. The molecule has 0 fully saturated rings.